The highest BCUT2D eigenvalue weighted by Crippen LogP contribution is 2.32. The molecule has 0 aliphatic heterocycles. The second-order valence-electron chi connectivity index (χ2n) is 4.76. The molecular formula is C15H19ClN4O2. The van der Waals surface area contributed by atoms with E-state index in [1.807, 2.05) is 25.5 Å². The zero-order valence-electron chi connectivity index (χ0n) is 13.0. The Labute approximate surface area is 134 Å². The van der Waals surface area contributed by atoms with E-state index in [1.165, 1.54) is 7.11 Å². The second kappa shape index (κ2) is 6.70. The van der Waals surface area contributed by atoms with Crippen LogP contribution in [0.5, 0.6) is 5.75 Å². The van der Waals surface area contributed by atoms with E-state index in [9.17, 15) is 4.79 Å². The molecule has 0 aliphatic carbocycles. The molecule has 0 bridgehead atoms. The van der Waals surface area contributed by atoms with E-state index in [1.54, 1.807) is 18.2 Å². The summed E-state index contributed by atoms with van der Waals surface area (Å²) < 4.78 is 7.04. The lowest BCUT2D eigenvalue weighted by Gasteiger charge is -2.12. The van der Waals surface area contributed by atoms with Crippen LogP contribution in [0.15, 0.2) is 18.2 Å². The highest BCUT2D eigenvalue weighted by atomic mass is 35.5. The van der Waals surface area contributed by atoms with Crippen LogP contribution in [0.25, 0.3) is 0 Å². The fourth-order valence-corrected chi connectivity index (χ4v) is 2.52. The van der Waals surface area contributed by atoms with Crippen LogP contribution in [-0.2, 0) is 6.54 Å². The first kappa shape index (κ1) is 16.2. The van der Waals surface area contributed by atoms with E-state index in [0.717, 1.165) is 17.9 Å². The SMILES string of the molecule is CCn1nc(C)c(NC(=O)Nc2cccc(Cl)c2OC)c1C. The van der Waals surface area contributed by atoms with Crippen molar-refractivity contribution in [3.8, 4) is 5.75 Å². The molecule has 0 radical (unpaired) electrons. The zero-order chi connectivity index (χ0) is 16.3. The minimum atomic E-state index is -0.373. The van der Waals surface area contributed by atoms with Gasteiger partial charge in [0.05, 0.1) is 34.9 Å². The summed E-state index contributed by atoms with van der Waals surface area (Å²) in [6.45, 7) is 6.52. The molecule has 7 heteroatoms. The minimum absolute atomic E-state index is 0.373. The van der Waals surface area contributed by atoms with Crippen LogP contribution in [0.4, 0.5) is 16.2 Å². The van der Waals surface area contributed by atoms with Gasteiger partial charge in [-0.1, -0.05) is 17.7 Å². The smallest absolute Gasteiger partial charge is 0.323 e. The van der Waals surface area contributed by atoms with Crippen molar-refractivity contribution in [3.05, 3.63) is 34.6 Å². The molecule has 1 aromatic carbocycles. The van der Waals surface area contributed by atoms with Gasteiger partial charge < -0.3 is 15.4 Å². The Hall–Kier alpha value is -2.21. The molecule has 0 aliphatic rings. The summed E-state index contributed by atoms with van der Waals surface area (Å²) in [5, 5.41) is 10.4. The van der Waals surface area contributed by atoms with Crippen molar-refractivity contribution in [2.75, 3.05) is 17.7 Å². The number of benzene rings is 1. The number of aryl methyl sites for hydroxylation is 2. The van der Waals surface area contributed by atoms with Gasteiger partial charge in [-0.3, -0.25) is 4.68 Å². The van der Waals surface area contributed by atoms with Gasteiger partial charge in [0.15, 0.2) is 5.75 Å². The summed E-state index contributed by atoms with van der Waals surface area (Å²) in [5.74, 6) is 0.428. The number of amides is 2. The highest BCUT2D eigenvalue weighted by molar-refractivity contribution is 6.32. The standard InChI is InChI=1S/C15H19ClN4O2/c1-5-20-10(3)13(9(2)19-20)18-15(21)17-12-8-6-7-11(16)14(12)22-4/h6-8H,5H2,1-4H3,(H2,17,18,21). The van der Waals surface area contributed by atoms with Crippen LogP contribution in [0, 0.1) is 13.8 Å². The van der Waals surface area contributed by atoms with Crippen molar-refractivity contribution >= 4 is 29.0 Å². The van der Waals surface area contributed by atoms with Crippen LogP contribution in [-0.4, -0.2) is 22.9 Å². The molecule has 0 atom stereocenters. The topological polar surface area (TPSA) is 68.2 Å². The monoisotopic (exact) mass is 322 g/mol. The summed E-state index contributed by atoms with van der Waals surface area (Å²) in [4.78, 5) is 12.2. The number of hydrogen-bond acceptors (Lipinski definition) is 3. The first-order chi connectivity index (χ1) is 10.5. The second-order valence-corrected chi connectivity index (χ2v) is 5.17. The number of ether oxygens (including phenoxy) is 1. The number of halogens is 1. The molecule has 0 saturated carbocycles. The molecule has 0 spiro atoms. The van der Waals surface area contributed by atoms with E-state index in [4.69, 9.17) is 16.3 Å². The Morgan fingerprint density at radius 2 is 2.09 bits per heavy atom. The van der Waals surface area contributed by atoms with E-state index >= 15 is 0 Å². The quantitative estimate of drug-likeness (QED) is 0.899. The number of hydrogen-bond donors (Lipinski definition) is 2. The molecule has 1 heterocycles. The zero-order valence-corrected chi connectivity index (χ0v) is 13.8. The summed E-state index contributed by atoms with van der Waals surface area (Å²) in [7, 11) is 1.50. The number of methoxy groups -OCH3 is 1. The third-order valence-electron chi connectivity index (χ3n) is 3.34. The largest absolute Gasteiger partial charge is 0.493 e. The summed E-state index contributed by atoms with van der Waals surface area (Å²) in [6, 6.07) is 4.79. The van der Waals surface area contributed by atoms with Gasteiger partial charge in [0.1, 0.15) is 0 Å². The average Bonchev–Trinajstić information content (AvgIpc) is 2.75. The Balaban J connectivity index is 2.18. The van der Waals surface area contributed by atoms with E-state index in [-0.39, 0.29) is 6.03 Å². The molecule has 0 saturated heterocycles. The number of carbonyl (C=O) groups is 1. The fraction of sp³-hybridized carbons (Fsp3) is 0.333. The van der Waals surface area contributed by atoms with Gasteiger partial charge >= 0.3 is 6.03 Å². The van der Waals surface area contributed by atoms with Crippen LogP contribution in [0.2, 0.25) is 5.02 Å². The summed E-state index contributed by atoms with van der Waals surface area (Å²) >= 11 is 6.04. The molecule has 0 fully saturated rings. The number of nitrogens with zero attached hydrogens (tertiary/aromatic N) is 2. The van der Waals surface area contributed by atoms with Gasteiger partial charge in [-0.2, -0.15) is 5.10 Å². The Morgan fingerprint density at radius 1 is 1.36 bits per heavy atom. The lowest BCUT2D eigenvalue weighted by Crippen LogP contribution is -2.20. The number of carbonyl (C=O) groups excluding carboxylic acids is 1. The highest BCUT2D eigenvalue weighted by Gasteiger charge is 2.15. The molecule has 22 heavy (non-hydrogen) atoms. The molecule has 2 aromatic rings. The van der Waals surface area contributed by atoms with E-state index in [0.29, 0.717) is 22.1 Å². The predicted octanol–water partition coefficient (Wildman–Crippen LogP) is 3.83. The maximum Gasteiger partial charge on any atom is 0.323 e. The molecule has 0 unspecified atom stereocenters. The van der Waals surface area contributed by atoms with Gasteiger partial charge in [0, 0.05) is 6.54 Å². The Bertz CT molecular complexity index is 697. The first-order valence-electron chi connectivity index (χ1n) is 6.92. The molecule has 118 valence electrons. The molecule has 2 amide bonds. The number of aromatic nitrogens is 2. The van der Waals surface area contributed by atoms with E-state index < -0.39 is 0 Å². The molecule has 6 nitrogen and oxygen atoms in total. The van der Waals surface area contributed by atoms with Crippen LogP contribution in [0.3, 0.4) is 0 Å². The van der Waals surface area contributed by atoms with Crippen molar-refractivity contribution in [2.24, 2.45) is 0 Å². The number of rotatable bonds is 4. The molecule has 2 rings (SSSR count). The van der Waals surface area contributed by atoms with Gasteiger partial charge in [-0.15, -0.1) is 0 Å². The molecular weight excluding hydrogens is 304 g/mol. The minimum Gasteiger partial charge on any atom is -0.493 e. The van der Waals surface area contributed by atoms with Gasteiger partial charge in [-0.05, 0) is 32.9 Å². The molecule has 2 N–H and O–H groups in total. The van der Waals surface area contributed by atoms with E-state index in [2.05, 4.69) is 15.7 Å². The van der Waals surface area contributed by atoms with Crippen molar-refractivity contribution in [1.82, 2.24) is 9.78 Å². The fourth-order valence-electron chi connectivity index (χ4n) is 2.27. The normalized spacial score (nSPS) is 10.4. The third kappa shape index (κ3) is 3.17. The van der Waals surface area contributed by atoms with Crippen molar-refractivity contribution < 1.29 is 9.53 Å². The number of anilines is 2. The Kier molecular flexibility index (Phi) is 4.92. The lowest BCUT2D eigenvalue weighted by molar-refractivity contribution is 0.262. The van der Waals surface area contributed by atoms with Crippen molar-refractivity contribution in [1.29, 1.82) is 0 Å². The Morgan fingerprint density at radius 3 is 2.68 bits per heavy atom. The first-order valence-corrected chi connectivity index (χ1v) is 7.30. The van der Waals surface area contributed by atoms with Crippen molar-refractivity contribution in [3.63, 3.8) is 0 Å². The third-order valence-corrected chi connectivity index (χ3v) is 3.64. The van der Waals surface area contributed by atoms with Crippen molar-refractivity contribution in [2.45, 2.75) is 27.3 Å². The maximum atomic E-state index is 12.2. The van der Waals surface area contributed by atoms with Crippen LogP contribution in [0.1, 0.15) is 18.3 Å². The maximum absolute atomic E-state index is 12.2. The van der Waals surface area contributed by atoms with Crippen LogP contribution < -0.4 is 15.4 Å². The van der Waals surface area contributed by atoms with Crippen LogP contribution >= 0.6 is 11.6 Å². The summed E-state index contributed by atoms with van der Waals surface area (Å²) in [5.41, 5.74) is 2.90. The number of para-hydroxylation sites is 1. The summed E-state index contributed by atoms with van der Waals surface area (Å²) in [6.07, 6.45) is 0. The number of nitrogens with one attached hydrogen (secondary N) is 2. The predicted molar refractivity (Wildman–Crippen MR) is 88.0 cm³/mol. The van der Waals surface area contributed by atoms with Gasteiger partial charge in [-0.25, -0.2) is 4.79 Å². The average molecular weight is 323 g/mol. The molecule has 1 aromatic heterocycles. The van der Waals surface area contributed by atoms with Gasteiger partial charge in [0.2, 0.25) is 0 Å². The number of urea groups is 1. The lowest BCUT2D eigenvalue weighted by atomic mass is 10.3. The van der Waals surface area contributed by atoms with Gasteiger partial charge in [0.25, 0.3) is 0 Å².